The van der Waals surface area contributed by atoms with Gasteiger partial charge in [0.05, 0.1) is 6.04 Å². The zero-order valence-corrected chi connectivity index (χ0v) is 17.0. The van der Waals surface area contributed by atoms with Gasteiger partial charge in [-0.25, -0.2) is 0 Å². The molecular formula is C21H32ClN3O2. The average Bonchev–Trinajstić information content (AvgIpc) is 3.20. The summed E-state index contributed by atoms with van der Waals surface area (Å²) in [6.07, 6.45) is 5.48. The van der Waals surface area contributed by atoms with E-state index in [2.05, 4.69) is 29.7 Å². The molecule has 2 unspecified atom stereocenters. The Kier molecular flexibility index (Phi) is 8.58. The first-order valence-corrected chi connectivity index (χ1v) is 9.97. The summed E-state index contributed by atoms with van der Waals surface area (Å²) in [6, 6.07) is 8.24. The first kappa shape index (κ1) is 21.7. The van der Waals surface area contributed by atoms with Crippen molar-refractivity contribution >= 4 is 24.2 Å². The summed E-state index contributed by atoms with van der Waals surface area (Å²) >= 11 is 0. The minimum Gasteiger partial charge on any atom is -0.354 e. The van der Waals surface area contributed by atoms with Gasteiger partial charge in [0.2, 0.25) is 11.8 Å². The molecule has 1 aromatic carbocycles. The van der Waals surface area contributed by atoms with Crippen LogP contribution in [0.15, 0.2) is 24.3 Å². The molecule has 0 bridgehead atoms. The lowest BCUT2D eigenvalue weighted by atomic mass is 9.97. The largest absolute Gasteiger partial charge is 0.354 e. The summed E-state index contributed by atoms with van der Waals surface area (Å²) in [5, 5.41) is 6.31. The van der Waals surface area contributed by atoms with Gasteiger partial charge < -0.3 is 15.5 Å². The maximum atomic E-state index is 12.6. The predicted molar refractivity (Wildman–Crippen MR) is 110 cm³/mol. The lowest BCUT2D eigenvalue weighted by Gasteiger charge is -2.33. The van der Waals surface area contributed by atoms with E-state index in [1.165, 1.54) is 11.1 Å². The van der Waals surface area contributed by atoms with Gasteiger partial charge in [-0.05, 0) is 62.6 Å². The van der Waals surface area contributed by atoms with E-state index in [0.29, 0.717) is 18.9 Å². The quantitative estimate of drug-likeness (QED) is 0.780. The second kappa shape index (κ2) is 10.7. The Bertz CT molecular complexity index is 632. The third kappa shape index (κ3) is 6.22. The highest BCUT2D eigenvalue weighted by molar-refractivity contribution is 5.85. The molecule has 27 heavy (non-hydrogen) atoms. The second-order valence-corrected chi connectivity index (χ2v) is 7.67. The third-order valence-electron chi connectivity index (χ3n) is 5.68. The monoisotopic (exact) mass is 393 g/mol. The maximum Gasteiger partial charge on any atom is 0.237 e. The maximum absolute atomic E-state index is 12.6. The van der Waals surface area contributed by atoms with Crippen molar-refractivity contribution in [1.82, 2.24) is 15.5 Å². The Balaban J connectivity index is 0.00000261. The minimum atomic E-state index is -0.0227. The minimum absolute atomic E-state index is 0. The number of carbonyl (C=O) groups is 2. The number of hydrogen-bond acceptors (Lipinski definition) is 3. The number of carbonyl (C=O) groups excluding carboxylic acids is 2. The Morgan fingerprint density at radius 1 is 1.22 bits per heavy atom. The van der Waals surface area contributed by atoms with E-state index < -0.39 is 0 Å². The molecule has 2 N–H and O–H groups in total. The van der Waals surface area contributed by atoms with E-state index >= 15 is 0 Å². The third-order valence-corrected chi connectivity index (χ3v) is 5.68. The van der Waals surface area contributed by atoms with Gasteiger partial charge >= 0.3 is 0 Å². The molecule has 6 heteroatoms. The number of halogens is 1. The van der Waals surface area contributed by atoms with Gasteiger partial charge in [-0.1, -0.05) is 24.3 Å². The lowest BCUT2D eigenvalue weighted by Crippen LogP contribution is -2.46. The highest BCUT2D eigenvalue weighted by atomic mass is 35.5. The Labute approximate surface area is 168 Å². The highest BCUT2D eigenvalue weighted by Gasteiger charge is 2.26. The molecule has 2 aliphatic rings. The molecule has 0 aromatic heterocycles. The van der Waals surface area contributed by atoms with E-state index in [0.717, 1.165) is 51.7 Å². The van der Waals surface area contributed by atoms with Crippen LogP contribution in [0.1, 0.15) is 43.2 Å². The molecule has 0 aliphatic carbocycles. The number of rotatable bonds is 6. The topological polar surface area (TPSA) is 61.4 Å². The summed E-state index contributed by atoms with van der Waals surface area (Å²) < 4.78 is 0. The van der Waals surface area contributed by atoms with Crippen LogP contribution in [-0.4, -0.2) is 48.9 Å². The van der Waals surface area contributed by atoms with Gasteiger partial charge in [-0.15, -0.1) is 12.4 Å². The van der Waals surface area contributed by atoms with Crippen molar-refractivity contribution < 1.29 is 9.59 Å². The van der Waals surface area contributed by atoms with E-state index in [9.17, 15) is 9.59 Å². The predicted octanol–water partition coefficient (Wildman–Crippen LogP) is 2.46. The fourth-order valence-corrected chi connectivity index (χ4v) is 4.02. The van der Waals surface area contributed by atoms with Gasteiger partial charge in [0.15, 0.2) is 0 Å². The Hall–Kier alpha value is -1.59. The van der Waals surface area contributed by atoms with Crippen LogP contribution in [0, 0.1) is 12.8 Å². The Morgan fingerprint density at radius 2 is 2.04 bits per heavy atom. The second-order valence-electron chi connectivity index (χ2n) is 7.67. The normalized spacial score (nSPS) is 22.2. The molecular weight excluding hydrogens is 362 g/mol. The first-order valence-electron chi connectivity index (χ1n) is 9.97. The average molecular weight is 394 g/mol. The number of benzene rings is 1. The molecule has 150 valence electrons. The lowest BCUT2D eigenvalue weighted by molar-refractivity contribution is -0.132. The van der Waals surface area contributed by atoms with Crippen molar-refractivity contribution in [3.05, 3.63) is 35.4 Å². The van der Waals surface area contributed by atoms with Gasteiger partial charge in [0.25, 0.3) is 0 Å². The van der Waals surface area contributed by atoms with Crippen molar-refractivity contribution in [2.75, 3.05) is 26.2 Å². The summed E-state index contributed by atoms with van der Waals surface area (Å²) in [4.78, 5) is 26.7. The van der Waals surface area contributed by atoms with Crippen molar-refractivity contribution in [1.29, 1.82) is 0 Å². The summed E-state index contributed by atoms with van der Waals surface area (Å²) in [5.74, 6) is 0.726. The number of hydrogen-bond donors (Lipinski definition) is 2. The molecule has 0 radical (unpaired) electrons. The molecule has 2 atom stereocenters. The van der Waals surface area contributed by atoms with Gasteiger partial charge in [0.1, 0.15) is 0 Å². The van der Waals surface area contributed by atoms with Crippen molar-refractivity contribution in [3.63, 3.8) is 0 Å². The molecule has 1 aromatic rings. The number of amides is 2. The zero-order valence-electron chi connectivity index (χ0n) is 16.2. The number of piperidine rings is 1. The van der Waals surface area contributed by atoms with E-state index in [4.69, 9.17) is 0 Å². The fraction of sp³-hybridized carbons (Fsp3) is 0.619. The highest BCUT2D eigenvalue weighted by Crippen LogP contribution is 2.18. The van der Waals surface area contributed by atoms with Crippen LogP contribution < -0.4 is 10.6 Å². The van der Waals surface area contributed by atoms with Gasteiger partial charge in [-0.3, -0.25) is 9.59 Å². The molecule has 2 fully saturated rings. The van der Waals surface area contributed by atoms with Crippen LogP contribution in [0.25, 0.3) is 0 Å². The molecule has 2 amide bonds. The van der Waals surface area contributed by atoms with Crippen LogP contribution in [0.5, 0.6) is 0 Å². The van der Waals surface area contributed by atoms with Crippen molar-refractivity contribution in [2.24, 2.45) is 5.92 Å². The summed E-state index contributed by atoms with van der Waals surface area (Å²) in [7, 11) is 0. The molecule has 0 saturated carbocycles. The van der Waals surface area contributed by atoms with Crippen molar-refractivity contribution in [2.45, 2.75) is 51.5 Å². The summed E-state index contributed by atoms with van der Waals surface area (Å²) in [5.41, 5.74) is 2.51. The molecule has 2 saturated heterocycles. The van der Waals surface area contributed by atoms with Crippen LogP contribution >= 0.6 is 12.4 Å². The molecule has 0 spiro atoms. The molecule has 3 rings (SSSR count). The van der Waals surface area contributed by atoms with Crippen LogP contribution in [-0.2, 0) is 16.0 Å². The van der Waals surface area contributed by atoms with Crippen molar-refractivity contribution in [3.8, 4) is 0 Å². The van der Waals surface area contributed by atoms with Crippen LogP contribution in [0.2, 0.25) is 0 Å². The first-order chi connectivity index (χ1) is 12.6. The molecule has 5 nitrogen and oxygen atoms in total. The van der Waals surface area contributed by atoms with E-state index in [1.54, 1.807) is 0 Å². The number of nitrogens with one attached hydrogen (secondary N) is 2. The molecule has 2 aliphatic heterocycles. The number of aryl methyl sites for hydroxylation is 2. The fourth-order valence-electron chi connectivity index (χ4n) is 4.02. The summed E-state index contributed by atoms with van der Waals surface area (Å²) in [6.45, 7) is 5.33. The standard InChI is InChI=1S/C21H31N3O2.ClH/c1-16-6-2-3-8-18(16)10-11-20(25)24-13-5-7-17(15-24)14-23-21(26)19-9-4-12-22-19;/h2-3,6,8,17,19,22H,4-5,7,9-15H2,1H3,(H,23,26);1H. The smallest absolute Gasteiger partial charge is 0.237 e. The van der Waals surface area contributed by atoms with Crippen LogP contribution in [0.3, 0.4) is 0 Å². The van der Waals surface area contributed by atoms with Gasteiger partial charge in [-0.2, -0.15) is 0 Å². The van der Waals surface area contributed by atoms with Gasteiger partial charge in [0, 0.05) is 26.1 Å². The Morgan fingerprint density at radius 3 is 2.78 bits per heavy atom. The SMILES string of the molecule is Cc1ccccc1CCC(=O)N1CCCC(CNC(=O)C2CCCN2)C1.Cl. The zero-order chi connectivity index (χ0) is 18.4. The van der Waals surface area contributed by atoms with Crippen LogP contribution in [0.4, 0.5) is 0 Å². The number of likely N-dealkylation sites (tertiary alicyclic amines) is 1. The van der Waals surface area contributed by atoms with E-state index in [1.807, 2.05) is 17.0 Å². The van der Waals surface area contributed by atoms with E-state index in [-0.39, 0.29) is 30.3 Å². The molecule has 2 heterocycles. The number of nitrogens with zero attached hydrogens (tertiary/aromatic N) is 1.